The van der Waals surface area contributed by atoms with Crippen LogP contribution < -0.4 is 5.32 Å². The Balaban J connectivity index is 1.60. The van der Waals surface area contributed by atoms with Crippen LogP contribution in [0.25, 0.3) is 16.4 Å². The molecule has 1 amide bonds. The average molecular weight is 486 g/mol. The molecule has 0 aliphatic carbocycles. The summed E-state index contributed by atoms with van der Waals surface area (Å²) < 4.78 is 1.90. The first kappa shape index (κ1) is 22.0. The van der Waals surface area contributed by atoms with E-state index in [1.54, 1.807) is 18.3 Å². The lowest BCUT2D eigenvalue weighted by Crippen LogP contribution is -2.23. The molecule has 0 unspecified atom stereocenters. The molecule has 4 aromatic rings. The Labute approximate surface area is 196 Å². The fourth-order valence-corrected chi connectivity index (χ4v) is 4.62. The Morgan fingerprint density at radius 2 is 1.97 bits per heavy atom. The van der Waals surface area contributed by atoms with Gasteiger partial charge in [-0.2, -0.15) is 0 Å². The van der Waals surface area contributed by atoms with Gasteiger partial charge in [-0.3, -0.25) is 19.5 Å². The van der Waals surface area contributed by atoms with Gasteiger partial charge in [-0.25, -0.2) is 0 Å². The Bertz CT molecular complexity index is 1260. The summed E-state index contributed by atoms with van der Waals surface area (Å²) in [6.45, 7) is 1.72. The maximum Gasteiger partial charge on any atom is 0.271 e. The molecular formula is C21H16ClN5O3S2. The van der Waals surface area contributed by atoms with E-state index in [0.717, 1.165) is 10.6 Å². The van der Waals surface area contributed by atoms with E-state index in [-0.39, 0.29) is 22.3 Å². The van der Waals surface area contributed by atoms with Gasteiger partial charge in [-0.1, -0.05) is 47.6 Å². The number of halogens is 1. The standard InChI is InChI=1S/C21H16ClN5O3S2/c1-13(20(28)23-17-12-15(27(29)30)9-10-16(17)22)32-21-25-24-19(18-8-5-11-31-18)26(21)14-6-3-2-4-7-14/h2-13H,1H3,(H,23,28)/t13-/m0/s1. The SMILES string of the molecule is C[C@H](Sc1nnc(-c2cccs2)n1-c1ccccc1)C(=O)Nc1cc([N+](=O)[O-])ccc1Cl. The Morgan fingerprint density at radius 1 is 1.19 bits per heavy atom. The average Bonchev–Trinajstić information content (AvgIpc) is 3.45. The van der Waals surface area contributed by atoms with Gasteiger partial charge in [0.2, 0.25) is 5.91 Å². The Morgan fingerprint density at radius 3 is 2.66 bits per heavy atom. The molecule has 0 saturated carbocycles. The van der Waals surface area contributed by atoms with Crippen LogP contribution in [0.5, 0.6) is 0 Å². The van der Waals surface area contributed by atoms with Crippen molar-refractivity contribution in [3.05, 3.63) is 81.2 Å². The minimum atomic E-state index is -0.576. The first-order valence-corrected chi connectivity index (χ1v) is 11.5. The lowest BCUT2D eigenvalue weighted by molar-refractivity contribution is -0.384. The highest BCUT2D eigenvalue weighted by Crippen LogP contribution is 2.33. The molecule has 0 saturated heterocycles. The largest absolute Gasteiger partial charge is 0.324 e. The van der Waals surface area contributed by atoms with Gasteiger partial charge < -0.3 is 5.32 Å². The van der Waals surface area contributed by atoms with Gasteiger partial charge in [0.05, 0.1) is 25.8 Å². The van der Waals surface area contributed by atoms with Crippen LogP contribution >= 0.6 is 34.7 Å². The molecule has 0 spiro atoms. The van der Waals surface area contributed by atoms with Crippen molar-refractivity contribution in [2.45, 2.75) is 17.3 Å². The van der Waals surface area contributed by atoms with Crippen LogP contribution in [0.2, 0.25) is 5.02 Å². The van der Waals surface area contributed by atoms with Crippen molar-refractivity contribution in [3.8, 4) is 16.4 Å². The van der Waals surface area contributed by atoms with Crippen molar-refractivity contribution in [1.29, 1.82) is 0 Å². The summed E-state index contributed by atoms with van der Waals surface area (Å²) in [4.78, 5) is 24.3. The van der Waals surface area contributed by atoms with Gasteiger partial charge in [0.15, 0.2) is 11.0 Å². The molecule has 4 rings (SSSR count). The molecule has 0 aliphatic rings. The predicted molar refractivity (Wildman–Crippen MR) is 127 cm³/mol. The van der Waals surface area contributed by atoms with Crippen molar-refractivity contribution in [1.82, 2.24) is 14.8 Å². The first-order valence-electron chi connectivity index (χ1n) is 9.40. The fourth-order valence-electron chi connectivity index (χ4n) is 2.89. The summed E-state index contributed by atoms with van der Waals surface area (Å²) in [6.07, 6.45) is 0. The highest BCUT2D eigenvalue weighted by atomic mass is 35.5. The highest BCUT2D eigenvalue weighted by molar-refractivity contribution is 8.00. The summed E-state index contributed by atoms with van der Waals surface area (Å²) in [5.74, 6) is 0.320. The quantitative estimate of drug-likeness (QED) is 0.205. The molecule has 1 N–H and O–H groups in total. The van der Waals surface area contributed by atoms with E-state index in [1.807, 2.05) is 52.4 Å². The second-order valence-corrected chi connectivity index (χ2v) is 9.29. The number of anilines is 1. The number of nitro benzene ring substituents is 1. The normalized spacial score (nSPS) is 11.8. The molecule has 0 fully saturated rings. The number of rotatable bonds is 7. The van der Waals surface area contributed by atoms with E-state index in [9.17, 15) is 14.9 Å². The molecule has 2 heterocycles. The van der Waals surface area contributed by atoms with Crippen molar-refractivity contribution in [2.24, 2.45) is 0 Å². The molecule has 32 heavy (non-hydrogen) atoms. The number of nitrogens with one attached hydrogen (secondary N) is 1. The zero-order valence-corrected chi connectivity index (χ0v) is 19.0. The van der Waals surface area contributed by atoms with Crippen LogP contribution in [0.4, 0.5) is 11.4 Å². The Kier molecular flexibility index (Phi) is 6.54. The minimum Gasteiger partial charge on any atom is -0.324 e. The first-order chi connectivity index (χ1) is 15.4. The maximum absolute atomic E-state index is 12.8. The number of non-ortho nitro benzene ring substituents is 1. The van der Waals surface area contributed by atoms with Crippen LogP contribution in [0.1, 0.15) is 6.92 Å². The number of nitro groups is 1. The van der Waals surface area contributed by atoms with Gasteiger partial charge in [-0.05, 0) is 36.6 Å². The number of benzene rings is 2. The minimum absolute atomic E-state index is 0.158. The molecular weight excluding hydrogens is 470 g/mol. The van der Waals surface area contributed by atoms with E-state index < -0.39 is 10.2 Å². The number of nitrogens with zero attached hydrogens (tertiary/aromatic N) is 4. The second kappa shape index (κ2) is 9.51. The number of hydrogen-bond donors (Lipinski definition) is 1. The number of amides is 1. The zero-order valence-electron chi connectivity index (χ0n) is 16.6. The van der Waals surface area contributed by atoms with Gasteiger partial charge in [-0.15, -0.1) is 21.5 Å². The van der Waals surface area contributed by atoms with Crippen molar-refractivity contribution < 1.29 is 9.72 Å². The number of hydrogen-bond acceptors (Lipinski definition) is 7. The molecule has 0 radical (unpaired) electrons. The van der Waals surface area contributed by atoms with Crippen molar-refractivity contribution in [3.63, 3.8) is 0 Å². The van der Waals surface area contributed by atoms with Crippen LogP contribution in [-0.2, 0) is 4.79 Å². The van der Waals surface area contributed by atoms with Crippen LogP contribution in [0.3, 0.4) is 0 Å². The topological polar surface area (TPSA) is 103 Å². The summed E-state index contributed by atoms with van der Waals surface area (Å²) in [7, 11) is 0. The number of para-hydroxylation sites is 1. The number of thioether (sulfide) groups is 1. The summed E-state index contributed by atoms with van der Waals surface area (Å²) in [5, 5.41) is 24.5. The molecule has 2 aromatic heterocycles. The molecule has 11 heteroatoms. The van der Waals surface area contributed by atoms with E-state index >= 15 is 0 Å². The lowest BCUT2D eigenvalue weighted by atomic mass is 10.2. The third-order valence-electron chi connectivity index (χ3n) is 4.46. The van der Waals surface area contributed by atoms with Gasteiger partial charge in [0, 0.05) is 17.8 Å². The number of aromatic nitrogens is 3. The summed E-state index contributed by atoms with van der Waals surface area (Å²) >= 11 is 8.89. The number of thiophene rings is 1. The van der Waals surface area contributed by atoms with Crippen molar-refractivity contribution in [2.75, 3.05) is 5.32 Å². The lowest BCUT2D eigenvalue weighted by Gasteiger charge is -2.14. The van der Waals surface area contributed by atoms with Gasteiger partial charge in [0.25, 0.3) is 5.69 Å². The second-order valence-electron chi connectivity index (χ2n) is 6.63. The van der Waals surface area contributed by atoms with Crippen LogP contribution in [0.15, 0.2) is 71.2 Å². The van der Waals surface area contributed by atoms with Crippen LogP contribution in [-0.4, -0.2) is 30.8 Å². The van der Waals surface area contributed by atoms with Crippen molar-refractivity contribution >= 4 is 52.0 Å². The van der Waals surface area contributed by atoms with Gasteiger partial charge >= 0.3 is 0 Å². The maximum atomic E-state index is 12.8. The molecule has 0 aliphatic heterocycles. The third kappa shape index (κ3) is 4.67. The molecule has 8 nitrogen and oxygen atoms in total. The number of carbonyl (C=O) groups is 1. The molecule has 2 aromatic carbocycles. The van der Waals surface area contributed by atoms with E-state index in [0.29, 0.717) is 11.0 Å². The van der Waals surface area contributed by atoms with Crippen LogP contribution in [0, 0.1) is 10.1 Å². The van der Waals surface area contributed by atoms with E-state index in [4.69, 9.17) is 11.6 Å². The number of carbonyl (C=O) groups excluding carboxylic acids is 1. The predicted octanol–water partition coefficient (Wildman–Crippen LogP) is 5.68. The Hall–Kier alpha value is -3.21. The smallest absolute Gasteiger partial charge is 0.271 e. The van der Waals surface area contributed by atoms with E-state index in [2.05, 4.69) is 15.5 Å². The fraction of sp³-hybridized carbons (Fsp3) is 0.0952. The zero-order chi connectivity index (χ0) is 22.7. The summed E-state index contributed by atoms with van der Waals surface area (Å²) in [6, 6.07) is 17.4. The molecule has 162 valence electrons. The molecule has 0 bridgehead atoms. The van der Waals surface area contributed by atoms with Gasteiger partial charge in [0.1, 0.15) is 0 Å². The summed E-state index contributed by atoms with van der Waals surface area (Å²) in [5.41, 5.74) is 0.897. The monoisotopic (exact) mass is 485 g/mol. The molecule has 1 atom stereocenters. The highest BCUT2D eigenvalue weighted by Gasteiger charge is 2.23. The van der Waals surface area contributed by atoms with E-state index in [1.165, 1.54) is 30.0 Å². The third-order valence-corrected chi connectivity index (χ3v) is 6.70.